The van der Waals surface area contributed by atoms with Crippen molar-refractivity contribution in [1.82, 2.24) is 10.6 Å². The van der Waals surface area contributed by atoms with E-state index in [4.69, 9.17) is 16.3 Å². The standard InChI is InChI=1S/C20H23ClN2O4/c21-16-3-1-15(2-4-16)18(25)27-11-17(24)22-19(26)23-20-8-12-5-13(9-20)7-14(6-12)10-20/h1-4,12-14H,5-11H2,(H2,22,23,24,26). The van der Waals surface area contributed by atoms with E-state index in [2.05, 4.69) is 10.6 Å². The summed E-state index contributed by atoms with van der Waals surface area (Å²) >= 11 is 5.77. The van der Waals surface area contributed by atoms with E-state index in [1.807, 2.05) is 0 Å². The Hall–Kier alpha value is -2.08. The average Bonchev–Trinajstić information content (AvgIpc) is 2.58. The maximum absolute atomic E-state index is 12.3. The van der Waals surface area contributed by atoms with E-state index in [9.17, 15) is 14.4 Å². The summed E-state index contributed by atoms with van der Waals surface area (Å²) in [6.45, 7) is -0.504. The quantitative estimate of drug-likeness (QED) is 0.772. The highest BCUT2D eigenvalue weighted by atomic mass is 35.5. The molecule has 0 aromatic heterocycles. The van der Waals surface area contributed by atoms with Crippen molar-refractivity contribution >= 4 is 29.5 Å². The van der Waals surface area contributed by atoms with Gasteiger partial charge in [-0.25, -0.2) is 9.59 Å². The predicted octanol–water partition coefficient (Wildman–Crippen LogP) is 3.29. The second-order valence-corrected chi connectivity index (χ2v) is 8.72. The van der Waals surface area contributed by atoms with Crippen LogP contribution in [-0.4, -0.2) is 30.1 Å². The van der Waals surface area contributed by atoms with Gasteiger partial charge in [-0.15, -0.1) is 0 Å². The molecule has 6 nitrogen and oxygen atoms in total. The molecule has 4 aliphatic rings. The van der Waals surface area contributed by atoms with Crippen molar-refractivity contribution in [3.8, 4) is 0 Å². The minimum absolute atomic E-state index is 0.168. The number of imide groups is 1. The third kappa shape index (κ3) is 4.10. The number of benzene rings is 1. The highest BCUT2D eigenvalue weighted by Gasteiger charge is 2.51. The Labute approximate surface area is 163 Å². The molecule has 0 aliphatic heterocycles. The Morgan fingerprint density at radius 3 is 2.11 bits per heavy atom. The Morgan fingerprint density at radius 2 is 1.56 bits per heavy atom. The number of rotatable bonds is 4. The van der Waals surface area contributed by atoms with Crippen LogP contribution in [0.4, 0.5) is 4.79 Å². The summed E-state index contributed by atoms with van der Waals surface area (Å²) in [4.78, 5) is 36.2. The summed E-state index contributed by atoms with van der Waals surface area (Å²) < 4.78 is 4.95. The SMILES string of the molecule is O=C(COC(=O)c1ccc(Cl)cc1)NC(=O)NC12CC3CC(CC(C3)C1)C2. The highest BCUT2D eigenvalue weighted by molar-refractivity contribution is 6.30. The molecule has 1 aromatic carbocycles. The van der Waals surface area contributed by atoms with Crippen LogP contribution in [0, 0.1) is 17.8 Å². The monoisotopic (exact) mass is 390 g/mol. The summed E-state index contributed by atoms with van der Waals surface area (Å²) in [5.41, 5.74) is 0.129. The number of halogens is 1. The zero-order valence-electron chi connectivity index (χ0n) is 15.0. The van der Waals surface area contributed by atoms with Crippen LogP contribution in [0.5, 0.6) is 0 Å². The van der Waals surface area contributed by atoms with Gasteiger partial charge >= 0.3 is 12.0 Å². The number of esters is 1. The highest BCUT2D eigenvalue weighted by Crippen LogP contribution is 2.55. The molecule has 0 saturated heterocycles. The molecule has 4 fully saturated rings. The number of ether oxygens (including phenoxy) is 1. The largest absolute Gasteiger partial charge is 0.452 e. The van der Waals surface area contributed by atoms with Crippen LogP contribution in [-0.2, 0) is 9.53 Å². The van der Waals surface area contributed by atoms with Crippen LogP contribution < -0.4 is 10.6 Å². The number of nitrogens with one attached hydrogen (secondary N) is 2. The lowest BCUT2D eigenvalue weighted by Gasteiger charge is -2.56. The molecular formula is C20H23ClN2O4. The van der Waals surface area contributed by atoms with Gasteiger partial charge in [-0.2, -0.15) is 0 Å². The van der Waals surface area contributed by atoms with Gasteiger partial charge in [0, 0.05) is 10.6 Å². The zero-order chi connectivity index (χ0) is 19.0. The van der Waals surface area contributed by atoms with Crippen LogP contribution in [0.2, 0.25) is 5.02 Å². The number of urea groups is 1. The van der Waals surface area contributed by atoms with Gasteiger partial charge in [0.2, 0.25) is 0 Å². The number of amides is 3. The van der Waals surface area contributed by atoms with E-state index in [0.717, 1.165) is 19.3 Å². The van der Waals surface area contributed by atoms with E-state index < -0.39 is 24.5 Å². The Kier molecular flexibility index (Phi) is 4.84. The molecule has 4 bridgehead atoms. The molecule has 4 saturated carbocycles. The molecule has 0 radical (unpaired) electrons. The van der Waals surface area contributed by atoms with Crippen LogP contribution in [0.1, 0.15) is 48.9 Å². The molecule has 0 heterocycles. The topological polar surface area (TPSA) is 84.5 Å². The molecule has 1 aromatic rings. The number of carbonyl (C=O) groups is 3. The van der Waals surface area contributed by atoms with Crippen LogP contribution in [0.15, 0.2) is 24.3 Å². The van der Waals surface area contributed by atoms with Crippen molar-refractivity contribution in [1.29, 1.82) is 0 Å². The van der Waals surface area contributed by atoms with Crippen molar-refractivity contribution in [3.63, 3.8) is 0 Å². The second kappa shape index (κ2) is 7.15. The maximum Gasteiger partial charge on any atom is 0.338 e. The summed E-state index contributed by atoms with van der Waals surface area (Å²) in [5, 5.41) is 5.84. The Balaban J connectivity index is 1.25. The maximum atomic E-state index is 12.3. The number of carbonyl (C=O) groups excluding carboxylic acids is 3. The molecule has 3 amide bonds. The normalized spacial score (nSPS) is 30.6. The number of hydrogen-bond acceptors (Lipinski definition) is 4. The fourth-order valence-corrected chi connectivity index (χ4v) is 5.62. The van der Waals surface area contributed by atoms with E-state index in [-0.39, 0.29) is 5.54 Å². The van der Waals surface area contributed by atoms with Crippen LogP contribution >= 0.6 is 11.6 Å². The van der Waals surface area contributed by atoms with E-state index in [1.165, 1.54) is 31.4 Å². The molecule has 0 unspecified atom stereocenters. The first-order chi connectivity index (χ1) is 12.9. The van der Waals surface area contributed by atoms with Crippen LogP contribution in [0.3, 0.4) is 0 Å². The Bertz CT molecular complexity index is 726. The van der Waals surface area contributed by atoms with Crippen molar-refractivity contribution < 1.29 is 19.1 Å². The first-order valence-corrected chi connectivity index (χ1v) is 9.83. The molecule has 2 N–H and O–H groups in total. The summed E-state index contributed by atoms with van der Waals surface area (Å²) in [6.07, 6.45) is 6.86. The molecule has 4 aliphatic carbocycles. The molecule has 144 valence electrons. The van der Waals surface area contributed by atoms with Gasteiger partial charge in [-0.05, 0) is 80.5 Å². The van der Waals surface area contributed by atoms with Crippen molar-refractivity contribution in [2.45, 2.75) is 44.1 Å². The van der Waals surface area contributed by atoms with Gasteiger partial charge in [-0.1, -0.05) is 11.6 Å². The van der Waals surface area contributed by atoms with Gasteiger partial charge in [0.25, 0.3) is 5.91 Å². The third-order valence-corrected chi connectivity index (χ3v) is 6.34. The minimum atomic E-state index is -0.639. The lowest BCUT2D eigenvalue weighted by Crippen LogP contribution is -2.62. The van der Waals surface area contributed by atoms with Crippen LogP contribution in [0.25, 0.3) is 0 Å². The fourth-order valence-electron chi connectivity index (χ4n) is 5.50. The first-order valence-electron chi connectivity index (χ1n) is 9.45. The Morgan fingerprint density at radius 1 is 1.00 bits per heavy atom. The van der Waals surface area contributed by atoms with Gasteiger partial charge in [0.15, 0.2) is 6.61 Å². The molecule has 0 atom stereocenters. The van der Waals surface area contributed by atoms with Gasteiger partial charge in [0.1, 0.15) is 0 Å². The number of hydrogen-bond donors (Lipinski definition) is 2. The van der Waals surface area contributed by atoms with Crippen molar-refractivity contribution in [2.75, 3.05) is 6.61 Å². The molecule has 5 rings (SSSR count). The summed E-state index contributed by atoms with van der Waals surface area (Å²) in [5.74, 6) is 0.829. The van der Waals surface area contributed by atoms with E-state index >= 15 is 0 Å². The second-order valence-electron chi connectivity index (χ2n) is 8.28. The molecular weight excluding hydrogens is 368 g/mol. The van der Waals surface area contributed by atoms with E-state index in [1.54, 1.807) is 12.1 Å². The fraction of sp³-hybridized carbons (Fsp3) is 0.550. The smallest absolute Gasteiger partial charge is 0.338 e. The lowest BCUT2D eigenvalue weighted by atomic mass is 9.53. The van der Waals surface area contributed by atoms with Gasteiger partial charge < -0.3 is 10.1 Å². The lowest BCUT2D eigenvalue weighted by molar-refractivity contribution is -0.123. The average molecular weight is 391 g/mol. The molecule has 27 heavy (non-hydrogen) atoms. The predicted molar refractivity (Wildman–Crippen MR) is 99.3 cm³/mol. The minimum Gasteiger partial charge on any atom is -0.452 e. The summed E-state index contributed by atoms with van der Waals surface area (Å²) in [6, 6.07) is 5.67. The van der Waals surface area contributed by atoms with Gasteiger partial charge in [-0.3, -0.25) is 10.1 Å². The molecule has 0 spiro atoms. The first kappa shape index (κ1) is 18.3. The van der Waals surface area contributed by atoms with Crippen molar-refractivity contribution in [2.24, 2.45) is 17.8 Å². The van der Waals surface area contributed by atoms with E-state index in [0.29, 0.717) is 28.3 Å². The molecule has 7 heteroatoms. The summed E-state index contributed by atoms with van der Waals surface area (Å²) in [7, 11) is 0. The van der Waals surface area contributed by atoms with Gasteiger partial charge in [0.05, 0.1) is 5.56 Å². The zero-order valence-corrected chi connectivity index (χ0v) is 15.8. The third-order valence-electron chi connectivity index (χ3n) is 6.08. The van der Waals surface area contributed by atoms with Crippen molar-refractivity contribution in [3.05, 3.63) is 34.9 Å².